The van der Waals surface area contributed by atoms with E-state index in [1.54, 1.807) is 6.08 Å². The number of ether oxygens (including phenoxy) is 1. The van der Waals surface area contributed by atoms with Crippen LogP contribution in [-0.4, -0.2) is 17.9 Å². The summed E-state index contributed by atoms with van der Waals surface area (Å²) in [4.78, 5) is 23.1. The number of rotatable bonds is 5. The molecule has 1 aliphatic carbocycles. The number of hydrogen-bond donors (Lipinski definition) is 0. The smallest absolute Gasteiger partial charge is 0.306 e. The van der Waals surface area contributed by atoms with Crippen molar-refractivity contribution in [1.29, 1.82) is 0 Å². The Morgan fingerprint density at radius 3 is 2.46 bits per heavy atom. The van der Waals surface area contributed by atoms with Crippen molar-refractivity contribution in [2.75, 3.05) is 0 Å². The Balaban J connectivity index is 0.00000123. The van der Waals surface area contributed by atoms with Gasteiger partial charge < -0.3 is 4.74 Å². The van der Waals surface area contributed by atoms with Gasteiger partial charge in [-0.3, -0.25) is 9.59 Å². The Hall–Kier alpha value is -1.64. The van der Waals surface area contributed by atoms with Gasteiger partial charge in [-0.15, -0.1) is 0 Å². The zero-order valence-corrected chi connectivity index (χ0v) is 16.0. The van der Waals surface area contributed by atoms with E-state index < -0.39 is 0 Å². The highest BCUT2D eigenvalue weighted by Gasteiger charge is 2.24. The molecule has 24 heavy (non-hydrogen) atoms. The Bertz CT molecular complexity index is 458. The van der Waals surface area contributed by atoms with Gasteiger partial charge in [-0.1, -0.05) is 58.9 Å². The van der Waals surface area contributed by atoms with E-state index in [1.165, 1.54) is 0 Å². The van der Waals surface area contributed by atoms with Gasteiger partial charge in [-0.05, 0) is 31.8 Å². The highest BCUT2D eigenvalue weighted by molar-refractivity contribution is 6.07. The van der Waals surface area contributed by atoms with E-state index in [0.717, 1.165) is 31.3 Å². The van der Waals surface area contributed by atoms with Gasteiger partial charge in [-0.25, -0.2) is 0 Å². The molecular formula is C21H34O3. The molecule has 1 heterocycles. The summed E-state index contributed by atoms with van der Waals surface area (Å²) >= 11 is 0. The molecule has 136 valence electrons. The van der Waals surface area contributed by atoms with E-state index in [2.05, 4.69) is 19.1 Å². The van der Waals surface area contributed by atoms with Crippen molar-refractivity contribution >= 4 is 11.8 Å². The molecule has 0 aromatic heterocycles. The molecule has 0 bridgehead atoms. The number of hydrogen-bond acceptors (Lipinski definition) is 3. The molecule has 2 aliphatic rings. The third kappa shape index (κ3) is 7.76. The number of allylic oxidation sites excluding steroid dienone is 5. The van der Waals surface area contributed by atoms with Crippen LogP contribution in [0.2, 0.25) is 0 Å². The second-order valence-electron chi connectivity index (χ2n) is 5.34. The molecule has 2 atom stereocenters. The first kappa shape index (κ1) is 22.4. The van der Waals surface area contributed by atoms with Crippen LogP contribution in [0.5, 0.6) is 0 Å². The maximum Gasteiger partial charge on any atom is 0.306 e. The first-order valence-electron chi connectivity index (χ1n) is 9.47. The summed E-state index contributed by atoms with van der Waals surface area (Å²) in [6, 6.07) is 0. The molecule has 0 radical (unpaired) electrons. The third-order valence-corrected chi connectivity index (χ3v) is 3.76. The number of cyclic esters (lactones) is 1. The highest BCUT2D eigenvalue weighted by atomic mass is 16.5. The van der Waals surface area contributed by atoms with Crippen molar-refractivity contribution in [2.45, 2.75) is 79.2 Å². The van der Waals surface area contributed by atoms with E-state index in [0.29, 0.717) is 12.8 Å². The predicted octanol–water partition coefficient (Wildman–Crippen LogP) is 5.56. The molecule has 0 N–H and O–H groups in total. The van der Waals surface area contributed by atoms with E-state index in [4.69, 9.17) is 4.74 Å². The van der Waals surface area contributed by atoms with Gasteiger partial charge in [-0.2, -0.15) is 0 Å². The van der Waals surface area contributed by atoms with Gasteiger partial charge in [0.05, 0.1) is 0 Å². The molecule has 0 saturated carbocycles. The lowest BCUT2D eigenvalue weighted by Crippen LogP contribution is -2.23. The number of esters is 1. The van der Waals surface area contributed by atoms with Crippen molar-refractivity contribution in [1.82, 2.24) is 0 Å². The summed E-state index contributed by atoms with van der Waals surface area (Å²) in [7, 11) is 0. The van der Waals surface area contributed by atoms with Crippen LogP contribution < -0.4 is 0 Å². The summed E-state index contributed by atoms with van der Waals surface area (Å²) in [5.41, 5.74) is 0.854. The Morgan fingerprint density at radius 1 is 1.12 bits per heavy atom. The van der Waals surface area contributed by atoms with Crippen LogP contribution in [0.15, 0.2) is 36.0 Å². The highest BCUT2D eigenvalue weighted by Crippen LogP contribution is 2.27. The zero-order chi connectivity index (χ0) is 18.4. The maximum atomic E-state index is 11.9. The standard InChI is InChI=1S/C17H22O3.2C2H6/c1-2-3-4-6-13-9-12-16(18)15(13)11-10-14-7-5-8-17(19)20-14;2*1-2/h3-4,9,11-14H,2,5-8,10H2,1H3;2*1-2H3/b4-3-,15-11+;;/t13-,14-;;/m0../s1. The molecule has 1 fully saturated rings. The quantitative estimate of drug-likeness (QED) is 0.375. The van der Waals surface area contributed by atoms with Crippen molar-refractivity contribution < 1.29 is 14.3 Å². The van der Waals surface area contributed by atoms with Crippen LogP contribution in [0.3, 0.4) is 0 Å². The maximum absolute atomic E-state index is 11.9. The summed E-state index contributed by atoms with van der Waals surface area (Å²) in [5, 5.41) is 0. The second kappa shape index (κ2) is 13.8. The fourth-order valence-electron chi connectivity index (χ4n) is 2.66. The molecule has 3 nitrogen and oxygen atoms in total. The molecule has 0 unspecified atom stereocenters. The van der Waals surface area contributed by atoms with Crippen molar-refractivity contribution in [3.63, 3.8) is 0 Å². The average molecular weight is 335 g/mol. The minimum Gasteiger partial charge on any atom is -0.462 e. The number of carbonyl (C=O) groups is 2. The van der Waals surface area contributed by atoms with Gasteiger partial charge in [0.1, 0.15) is 6.10 Å². The van der Waals surface area contributed by atoms with Gasteiger partial charge in [0.2, 0.25) is 0 Å². The fourth-order valence-corrected chi connectivity index (χ4v) is 2.66. The molecule has 1 saturated heterocycles. The van der Waals surface area contributed by atoms with Gasteiger partial charge in [0.25, 0.3) is 0 Å². The second-order valence-corrected chi connectivity index (χ2v) is 5.34. The van der Waals surface area contributed by atoms with Crippen LogP contribution in [0.1, 0.15) is 73.1 Å². The van der Waals surface area contributed by atoms with E-state index in [1.807, 2.05) is 39.8 Å². The van der Waals surface area contributed by atoms with E-state index in [-0.39, 0.29) is 23.8 Å². The topological polar surface area (TPSA) is 43.4 Å². The normalized spacial score (nSPS) is 24.3. The van der Waals surface area contributed by atoms with Crippen LogP contribution in [0, 0.1) is 5.92 Å². The Kier molecular flexibility index (Phi) is 12.8. The van der Waals surface area contributed by atoms with Crippen molar-refractivity contribution in [3.8, 4) is 0 Å². The first-order valence-corrected chi connectivity index (χ1v) is 9.47. The molecule has 3 heteroatoms. The van der Waals surface area contributed by atoms with E-state index in [9.17, 15) is 9.59 Å². The first-order chi connectivity index (χ1) is 11.7. The molecule has 0 amide bonds. The predicted molar refractivity (Wildman–Crippen MR) is 101 cm³/mol. The summed E-state index contributed by atoms with van der Waals surface area (Å²) in [6.07, 6.45) is 14.6. The lowest BCUT2D eigenvalue weighted by atomic mass is 9.95. The lowest BCUT2D eigenvalue weighted by Gasteiger charge is -2.21. The molecule has 1 aliphatic heterocycles. The number of ketones is 1. The molecular weight excluding hydrogens is 300 g/mol. The van der Waals surface area contributed by atoms with Gasteiger partial charge in [0, 0.05) is 24.3 Å². The average Bonchev–Trinajstić information content (AvgIpc) is 2.97. The largest absolute Gasteiger partial charge is 0.462 e. The minimum atomic E-state index is -0.113. The summed E-state index contributed by atoms with van der Waals surface area (Å²) < 4.78 is 5.29. The number of carbonyl (C=O) groups excluding carboxylic acids is 2. The van der Waals surface area contributed by atoms with Crippen molar-refractivity contribution in [2.24, 2.45) is 5.92 Å². The van der Waals surface area contributed by atoms with Crippen molar-refractivity contribution in [3.05, 3.63) is 36.0 Å². The summed E-state index contributed by atoms with van der Waals surface area (Å²) in [5.74, 6) is 0.171. The van der Waals surface area contributed by atoms with Gasteiger partial charge >= 0.3 is 5.97 Å². The van der Waals surface area contributed by atoms with Crippen LogP contribution in [-0.2, 0) is 14.3 Å². The lowest BCUT2D eigenvalue weighted by molar-refractivity contribution is -0.153. The minimum absolute atomic E-state index is 0.0519. The zero-order valence-electron chi connectivity index (χ0n) is 16.0. The van der Waals surface area contributed by atoms with Crippen LogP contribution >= 0.6 is 0 Å². The van der Waals surface area contributed by atoms with Gasteiger partial charge in [0.15, 0.2) is 5.78 Å². The fraction of sp³-hybridized carbons (Fsp3) is 0.619. The SMILES string of the molecule is CC.CC.CC/C=C\C[C@H]1C=CC(=O)/C1=C/C[C@@H]1CCCC(=O)O1. The van der Waals surface area contributed by atoms with Crippen LogP contribution in [0.4, 0.5) is 0 Å². The van der Waals surface area contributed by atoms with Crippen LogP contribution in [0.25, 0.3) is 0 Å². The monoisotopic (exact) mass is 334 g/mol. The Labute approximate surface area is 147 Å². The van der Waals surface area contributed by atoms with E-state index >= 15 is 0 Å². The molecule has 0 aromatic rings. The Morgan fingerprint density at radius 2 is 1.83 bits per heavy atom. The molecule has 0 spiro atoms. The molecule has 2 rings (SSSR count). The summed E-state index contributed by atoms with van der Waals surface area (Å²) in [6.45, 7) is 10.1. The molecule has 0 aromatic carbocycles. The third-order valence-electron chi connectivity index (χ3n) is 3.76.